The van der Waals surface area contributed by atoms with Gasteiger partial charge in [0.15, 0.2) is 6.10 Å². The fraction of sp³-hybridized carbons (Fsp3) is 0.412. The molecule has 0 N–H and O–H groups in total. The maximum atomic E-state index is 12.2. The van der Waals surface area contributed by atoms with E-state index in [1.807, 2.05) is 49.4 Å². The van der Waals surface area contributed by atoms with Crippen LogP contribution in [-0.2, 0) is 30.9 Å². The third-order valence-corrected chi connectivity index (χ3v) is 7.47. The normalized spacial score (nSPS) is 15.1. The van der Waals surface area contributed by atoms with E-state index in [2.05, 4.69) is 54.2 Å². The van der Waals surface area contributed by atoms with Gasteiger partial charge in [-0.1, -0.05) is 67.5 Å². The van der Waals surface area contributed by atoms with E-state index in [9.17, 15) is 4.79 Å². The fourth-order valence-electron chi connectivity index (χ4n) is 5.22. The van der Waals surface area contributed by atoms with E-state index in [0.717, 1.165) is 47.7 Å². The lowest BCUT2D eigenvalue weighted by atomic mass is 9.76. The highest BCUT2D eigenvalue weighted by Crippen LogP contribution is 2.40. The summed E-state index contributed by atoms with van der Waals surface area (Å²) >= 11 is 0. The van der Waals surface area contributed by atoms with Crippen molar-refractivity contribution in [2.45, 2.75) is 52.1 Å². The van der Waals surface area contributed by atoms with Crippen molar-refractivity contribution in [2.24, 2.45) is 5.16 Å². The van der Waals surface area contributed by atoms with Crippen molar-refractivity contribution in [3.05, 3.63) is 95.1 Å². The molecule has 1 aliphatic rings. The Morgan fingerprint density at radius 3 is 2.41 bits per heavy atom. The Hall–Kier alpha value is -3.84. The molecule has 4 rings (SSSR count). The maximum Gasteiger partial charge on any atom is 0.335 e. The third-order valence-electron chi connectivity index (χ3n) is 7.47. The van der Waals surface area contributed by atoms with E-state index in [0.29, 0.717) is 26.2 Å². The zero-order chi connectivity index (χ0) is 29.2. The fourth-order valence-corrected chi connectivity index (χ4v) is 5.22. The second-order valence-electron chi connectivity index (χ2n) is 10.7. The summed E-state index contributed by atoms with van der Waals surface area (Å²) in [7, 11) is 1.58. The molecule has 7 heteroatoms. The van der Waals surface area contributed by atoms with Crippen LogP contribution < -0.4 is 9.64 Å². The number of rotatable bonds is 13. The van der Waals surface area contributed by atoms with E-state index in [4.69, 9.17) is 19.0 Å². The van der Waals surface area contributed by atoms with Gasteiger partial charge in [0.2, 0.25) is 0 Å². The molecule has 0 saturated carbocycles. The molecule has 1 atom stereocenters. The molecular formula is C34H42N2O5. The molecule has 0 amide bonds. The molecule has 0 aromatic heterocycles. The Bertz CT molecular complexity index is 1300. The quantitative estimate of drug-likeness (QED) is 0.142. The number of hydrogen-bond acceptors (Lipinski definition) is 7. The summed E-state index contributed by atoms with van der Waals surface area (Å²) < 4.78 is 16.9. The topological polar surface area (TPSA) is 69.6 Å². The van der Waals surface area contributed by atoms with Crippen LogP contribution in [0.25, 0.3) is 0 Å². The molecule has 1 aliphatic heterocycles. The van der Waals surface area contributed by atoms with Crippen molar-refractivity contribution in [3.63, 3.8) is 0 Å². The highest BCUT2D eigenvalue weighted by atomic mass is 16.6. The number of nitrogens with zero attached hydrogens (tertiary/aromatic N) is 2. The molecule has 0 fully saturated rings. The van der Waals surface area contributed by atoms with Gasteiger partial charge in [-0.05, 0) is 61.1 Å². The Morgan fingerprint density at radius 1 is 0.976 bits per heavy atom. The van der Waals surface area contributed by atoms with Crippen molar-refractivity contribution < 1.29 is 23.8 Å². The third kappa shape index (κ3) is 7.67. The molecule has 41 heavy (non-hydrogen) atoms. The number of ether oxygens (including phenoxy) is 3. The van der Waals surface area contributed by atoms with Crippen LogP contribution in [0.3, 0.4) is 0 Å². The Morgan fingerprint density at radius 2 is 1.73 bits per heavy atom. The highest BCUT2D eigenvalue weighted by Gasteiger charge is 2.32. The molecular weight excluding hydrogens is 516 g/mol. The molecule has 0 spiro atoms. The van der Waals surface area contributed by atoms with Crippen LogP contribution >= 0.6 is 0 Å². The van der Waals surface area contributed by atoms with Crippen LogP contribution in [0.15, 0.2) is 78.0 Å². The van der Waals surface area contributed by atoms with Crippen molar-refractivity contribution in [2.75, 3.05) is 44.9 Å². The second-order valence-corrected chi connectivity index (χ2v) is 10.7. The summed E-state index contributed by atoms with van der Waals surface area (Å²) in [6.45, 7) is 11.4. The van der Waals surface area contributed by atoms with E-state index in [1.165, 1.54) is 11.3 Å². The van der Waals surface area contributed by atoms with Gasteiger partial charge >= 0.3 is 5.97 Å². The first kappa shape index (κ1) is 30.1. The van der Waals surface area contributed by atoms with Gasteiger partial charge in [-0.15, -0.1) is 0 Å². The predicted octanol–water partition coefficient (Wildman–Crippen LogP) is 6.16. The smallest absolute Gasteiger partial charge is 0.335 e. The summed E-state index contributed by atoms with van der Waals surface area (Å²) in [6.07, 6.45) is 0.915. The Labute approximate surface area is 244 Å². The van der Waals surface area contributed by atoms with Crippen LogP contribution in [0.2, 0.25) is 0 Å². The minimum atomic E-state index is -0.597. The number of carbonyl (C=O) groups excluding carboxylic acids is 1. The first-order valence-corrected chi connectivity index (χ1v) is 14.4. The van der Waals surface area contributed by atoms with Gasteiger partial charge in [-0.2, -0.15) is 0 Å². The van der Waals surface area contributed by atoms with Crippen LogP contribution in [0, 0.1) is 0 Å². The SMILES string of the molecule is CCOC(=O)C(Cc1ccc(OCCN2CCC(C)(C)c3cc(/C(=N/OC)c4ccccc4)ccc32)cc1)OCC. The van der Waals surface area contributed by atoms with Crippen molar-refractivity contribution in [1.29, 1.82) is 0 Å². The average Bonchev–Trinajstić information content (AvgIpc) is 2.98. The first-order valence-electron chi connectivity index (χ1n) is 14.4. The van der Waals surface area contributed by atoms with Crippen molar-refractivity contribution in [3.8, 4) is 5.75 Å². The van der Waals surface area contributed by atoms with E-state index >= 15 is 0 Å². The monoisotopic (exact) mass is 558 g/mol. The van der Waals surface area contributed by atoms with Gasteiger partial charge in [-0.25, -0.2) is 4.79 Å². The molecule has 1 unspecified atom stereocenters. The standard InChI is InChI=1S/C34H42N2O5/c1-6-39-31(33(37)40-7-2)23-25-13-16-28(17-14-25)41-22-21-36-20-19-34(3,4)29-24-27(15-18-30(29)36)32(35-38-5)26-11-9-8-10-12-26/h8-18,24,31H,6-7,19-23H2,1-5H3/b35-32+. The van der Waals surface area contributed by atoms with Gasteiger partial charge < -0.3 is 23.9 Å². The summed E-state index contributed by atoms with van der Waals surface area (Å²) in [5.74, 6) is 0.475. The molecule has 3 aromatic carbocycles. The molecule has 0 radical (unpaired) electrons. The van der Waals surface area contributed by atoms with Crippen LogP contribution in [0.5, 0.6) is 5.75 Å². The molecule has 0 saturated heterocycles. The first-order chi connectivity index (χ1) is 19.9. The molecule has 0 aliphatic carbocycles. The Kier molecular flexibility index (Phi) is 10.4. The predicted molar refractivity (Wildman–Crippen MR) is 163 cm³/mol. The van der Waals surface area contributed by atoms with Crippen LogP contribution in [-0.4, -0.2) is 57.8 Å². The second kappa shape index (κ2) is 14.2. The van der Waals surface area contributed by atoms with E-state index in [-0.39, 0.29) is 11.4 Å². The summed E-state index contributed by atoms with van der Waals surface area (Å²) in [5, 5.41) is 4.36. The molecule has 218 valence electrons. The lowest BCUT2D eigenvalue weighted by molar-refractivity contribution is -0.156. The van der Waals surface area contributed by atoms with E-state index in [1.54, 1.807) is 14.0 Å². The molecule has 7 nitrogen and oxygen atoms in total. The average molecular weight is 559 g/mol. The summed E-state index contributed by atoms with van der Waals surface area (Å²) in [6, 6.07) is 24.6. The molecule has 0 bridgehead atoms. The lowest BCUT2D eigenvalue weighted by Crippen LogP contribution is -2.39. The molecule has 1 heterocycles. The largest absolute Gasteiger partial charge is 0.492 e. The van der Waals surface area contributed by atoms with Gasteiger partial charge in [0, 0.05) is 36.4 Å². The summed E-state index contributed by atoms with van der Waals surface area (Å²) in [4.78, 5) is 19.8. The van der Waals surface area contributed by atoms with Crippen LogP contribution in [0.1, 0.15) is 56.4 Å². The molecule has 3 aromatic rings. The van der Waals surface area contributed by atoms with Crippen LogP contribution in [0.4, 0.5) is 5.69 Å². The number of fused-ring (bicyclic) bond motifs is 1. The number of oxime groups is 1. The van der Waals surface area contributed by atoms with Gasteiger partial charge in [0.1, 0.15) is 25.2 Å². The minimum Gasteiger partial charge on any atom is -0.492 e. The van der Waals surface area contributed by atoms with E-state index < -0.39 is 6.10 Å². The van der Waals surface area contributed by atoms with Crippen molar-refractivity contribution >= 4 is 17.4 Å². The number of anilines is 1. The highest BCUT2D eigenvalue weighted by molar-refractivity contribution is 6.13. The number of carbonyl (C=O) groups is 1. The number of benzene rings is 3. The van der Waals surface area contributed by atoms with Crippen molar-refractivity contribution in [1.82, 2.24) is 0 Å². The lowest BCUT2D eigenvalue weighted by Gasteiger charge is -2.40. The minimum absolute atomic E-state index is 0.0380. The van der Waals surface area contributed by atoms with Gasteiger partial charge in [-0.3, -0.25) is 0 Å². The zero-order valence-electron chi connectivity index (χ0n) is 24.9. The zero-order valence-corrected chi connectivity index (χ0v) is 24.9. The maximum absolute atomic E-state index is 12.2. The Balaban J connectivity index is 1.42. The number of hydrogen-bond donors (Lipinski definition) is 0. The summed E-state index contributed by atoms with van der Waals surface area (Å²) in [5.41, 5.74) is 6.46. The van der Waals surface area contributed by atoms with Gasteiger partial charge in [0.05, 0.1) is 13.2 Å². The van der Waals surface area contributed by atoms with Gasteiger partial charge in [0.25, 0.3) is 0 Å². The number of esters is 1.